The van der Waals surface area contributed by atoms with Crippen molar-refractivity contribution in [1.82, 2.24) is 20.2 Å². The van der Waals surface area contributed by atoms with Gasteiger partial charge in [0.1, 0.15) is 12.2 Å². The van der Waals surface area contributed by atoms with Gasteiger partial charge in [-0.05, 0) is 0 Å². The normalized spacial score (nSPS) is 10.4. The van der Waals surface area contributed by atoms with E-state index >= 15 is 0 Å². The number of aryl methyl sites for hydroxylation is 1. The standard InChI is InChI=1S/C11H15N5O2S/c1-18-10(17)3-2-8-6-19-11(15-8)12-5-4-9-13-7-14-16-9/h6-7H,2-5H2,1H3,(H,12,15)(H,13,14,16). The molecule has 2 rings (SSSR count). The highest BCUT2D eigenvalue weighted by molar-refractivity contribution is 7.13. The summed E-state index contributed by atoms with van der Waals surface area (Å²) in [6.07, 6.45) is 3.21. The summed E-state index contributed by atoms with van der Waals surface area (Å²) in [5.74, 6) is 0.628. The third-order valence-corrected chi connectivity index (χ3v) is 3.32. The first-order chi connectivity index (χ1) is 9.28. The van der Waals surface area contributed by atoms with Crippen LogP contribution in [0.15, 0.2) is 11.7 Å². The second kappa shape index (κ2) is 6.83. The lowest BCUT2D eigenvalue weighted by atomic mass is 10.2. The van der Waals surface area contributed by atoms with Gasteiger partial charge in [-0.1, -0.05) is 0 Å². The SMILES string of the molecule is COC(=O)CCc1csc(NCCc2ncn[nH]2)n1. The van der Waals surface area contributed by atoms with Crippen LogP contribution in [0, 0.1) is 0 Å². The number of nitrogens with zero attached hydrogens (tertiary/aromatic N) is 3. The van der Waals surface area contributed by atoms with E-state index in [-0.39, 0.29) is 5.97 Å². The highest BCUT2D eigenvalue weighted by Crippen LogP contribution is 2.16. The number of aromatic amines is 1. The van der Waals surface area contributed by atoms with E-state index in [1.165, 1.54) is 24.8 Å². The Hall–Kier alpha value is -1.96. The lowest BCUT2D eigenvalue weighted by Crippen LogP contribution is -2.06. The largest absolute Gasteiger partial charge is 0.469 e. The molecule has 0 unspecified atom stereocenters. The third kappa shape index (κ3) is 4.32. The topological polar surface area (TPSA) is 92.8 Å². The number of carbonyl (C=O) groups is 1. The average Bonchev–Trinajstić information content (AvgIpc) is 3.07. The van der Waals surface area contributed by atoms with Gasteiger partial charge in [-0.15, -0.1) is 11.3 Å². The molecule has 19 heavy (non-hydrogen) atoms. The number of carbonyl (C=O) groups excluding carboxylic acids is 1. The van der Waals surface area contributed by atoms with E-state index in [1.54, 1.807) is 0 Å². The molecule has 7 nitrogen and oxygen atoms in total. The molecule has 0 amide bonds. The van der Waals surface area contributed by atoms with Gasteiger partial charge in [-0.25, -0.2) is 9.97 Å². The number of thiazole rings is 1. The van der Waals surface area contributed by atoms with Crippen molar-refractivity contribution >= 4 is 22.4 Å². The monoisotopic (exact) mass is 281 g/mol. The molecular formula is C11H15N5O2S. The van der Waals surface area contributed by atoms with Gasteiger partial charge in [-0.3, -0.25) is 9.89 Å². The van der Waals surface area contributed by atoms with Gasteiger partial charge in [0.25, 0.3) is 0 Å². The smallest absolute Gasteiger partial charge is 0.305 e. The van der Waals surface area contributed by atoms with Gasteiger partial charge in [0.15, 0.2) is 5.13 Å². The minimum Gasteiger partial charge on any atom is -0.469 e. The fourth-order valence-corrected chi connectivity index (χ4v) is 2.25. The number of anilines is 1. The zero-order chi connectivity index (χ0) is 13.5. The first-order valence-corrected chi connectivity index (χ1v) is 6.75. The molecular weight excluding hydrogens is 266 g/mol. The molecule has 0 saturated carbocycles. The summed E-state index contributed by atoms with van der Waals surface area (Å²) in [5, 5.41) is 12.6. The number of hydrogen-bond donors (Lipinski definition) is 2. The summed E-state index contributed by atoms with van der Waals surface area (Å²) in [7, 11) is 1.39. The van der Waals surface area contributed by atoms with Crippen LogP contribution in [0.25, 0.3) is 0 Å². The first-order valence-electron chi connectivity index (χ1n) is 5.87. The van der Waals surface area contributed by atoms with Crippen LogP contribution in [0.3, 0.4) is 0 Å². The summed E-state index contributed by atoms with van der Waals surface area (Å²) in [6.45, 7) is 0.735. The van der Waals surface area contributed by atoms with Gasteiger partial charge >= 0.3 is 5.97 Å². The Labute approximate surface area is 114 Å². The van der Waals surface area contributed by atoms with E-state index < -0.39 is 0 Å². The molecule has 0 aliphatic carbocycles. The number of nitrogens with one attached hydrogen (secondary N) is 2. The van der Waals surface area contributed by atoms with Crippen molar-refractivity contribution in [3.05, 3.63) is 23.2 Å². The van der Waals surface area contributed by atoms with Gasteiger partial charge in [0, 0.05) is 24.8 Å². The van der Waals surface area contributed by atoms with Crippen LogP contribution in [0.2, 0.25) is 0 Å². The Bertz CT molecular complexity index is 511. The number of aromatic nitrogens is 4. The fourth-order valence-electron chi connectivity index (χ4n) is 1.47. The molecule has 8 heteroatoms. The van der Waals surface area contributed by atoms with Crippen LogP contribution in [-0.2, 0) is 22.4 Å². The maximum absolute atomic E-state index is 11.0. The van der Waals surface area contributed by atoms with Gasteiger partial charge in [0.2, 0.25) is 0 Å². The van der Waals surface area contributed by atoms with Gasteiger partial charge < -0.3 is 10.1 Å². The molecule has 0 fully saturated rings. The van der Waals surface area contributed by atoms with Crippen LogP contribution in [0.5, 0.6) is 0 Å². The number of esters is 1. The molecule has 0 atom stereocenters. The van der Waals surface area contributed by atoms with Crippen molar-refractivity contribution in [2.75, 3.05) is 19.0 Å². The quantitative estimate of drug-likeness (QED) is 0.736. The minimum atomic E-state index is -0.215. The van der Waals surface area contributed by atoms with Crippen LogP contribution in [0.1, 0.15) is 17.9 Å². The molecule has 2 heterocycles. The first kappa shape index (κ1) is 13.5. The Kier molecular flexibility index (Phi) is 4.85. The summed E-state index contributed by atoms with van der Waals surface area (Å²) >= 11 is 1.53. The van der Waals surface area contributed by atoms with Crippen LogP contribution in [0.4, 0.5) is 5.13 Å². The van der Waals surface area contributed by atoms with Crippen molar-refractivity contribution in [1.29, 1.82) is 0 Å². The Morgan fingerprint density at radius 1 is 1.53 bits per heavy atom. The van der Waals surface area contributed by atoms with E-state index in [0.29, 0.717) is 12.8 Å². The van der Waals surface area contributed by atoms with E-state index in [2.05, 4.69) is 30.2 Å². The summed E-state index contributed by atoms with van der Waals surface area (Å²) < 4.78 is 4.59. The summed E-state index contributed by atoms with van der Waals surface area (Å²) in [4.78, 5) is 19.4. The van der Waals surface area contributed by atoms with Crippen molar-refractivity contribution in [3.8, 4) is 0 Å². The molecule has 0 aliphatic rings. The van der Waals surface area contributed by atoms with Crippen molar-refractivity contribution in [3.63, 3.8) is 0 Å². The molecule has 0 saturated heterocycles. The highest BCUT2D eigenvalue weighted by Gasteiger charge is 2.05. The predicted molar refractivity (Wildman–Crippen MR) is 71.0 cm³/mol. The number of ether oxygens (including phenoxy) is 1. The molecule has 2 aromatic rings. The van der Waals surface area contributed by atoms with E-state index in [1.807, 2.05) is 5.38 Å². The maximum atomic E-state index is 11.0. The third-order valence-electron chi connectivity index (χ3n) is 2.47. The molecule has 102 valence electrons. The zero-order valence-corrected chi connectivity index (χ0v) is 11.4. The molecule has 0 spiro atoms. The van der Waals surface area contributed by atoms with Crippen LogP contribution in [-0.4, -0.2) is 39.8 Å². The van der Waals surface area contributed by atoms with E-state index in [0.717, 1.165) is 29.6 Å². The number of H-pyrrole nitrogens is 1. The molecule has 2 N–H and O–H groups in total. The van der Waals surface area contributed by atoms with Crippen molar-refractivity contribution < 1.29 is 9.53 Å². The second-order valence-electron chi connectivity index (χ2n) is 3.83. The molecule has 2 aromatic heterocycles. The number of rotatable bonds is 7. The summed E-state index contributed by atoms with van der Waals surface area (Å²) in [6, 6.07) is 0. The Morgan fingerprint density at radius 2 is 2.42 bits per heavy atom. The number of methoxy groups -OCH3 is 1. The average molecular weight is 281 g/mol. The second-order valence-corrected chi connectivity index (χ2v) is 4.69. The Morgan fingerprint density at radius 3 is 3.16 bits per heavy atom. The lowest BCUT2D eigenvalue weighted by molar-refractivity contribution is -0.140. The molecule has 0 aliphatic heterocycles. The van der Waals surface area contributed by atoms with Crippen LogP contribution >= 0.6 is 11.3 Å². The highest BCUT2D eigenvalue weighted by atomic mass is 32.1. The predicted octanol–water partition coefficient (Wildman–Crippen LogP) is 1.02. The lowest BCUT2D eigenvalue weighted by Gasteiger charge is -1.99. The molecule has 0 bridgehead atoms. The van der Waals surface area contributed by atoms with Crippen molar-refractivity contribution in [2.45, 2.75) is 19.3 Å². The molecule has 0 radical (unpaired) electrons. The fraction of sp³-hybridized carbons (Fsp3) is 0.455. The maximum Gasteiger partial charge on any atom is 0.305 e. The van der Waals surface area contributed by atoms with E-state index in [9.17, 15) is 4.79 Å². The van der Waals surface area contributed by atoms with Crippen LogP contribution < -0.4 is 5.32 Å². The summed E-state index contributed by atoms with van der Waals surface area (Å²) in [5.41, 5.74) is 0.901. The zero-order valence-electron chi connectivity index (χ0n) is 10.5. The Balaban J connectivity index is 1.73. The van der Waals surface area contributed by atoms with Gasteiger partial charge in [0.05, 0.1) is 19.2 Å². The number of hydrogen-bond acceptors (Lipinski definition) is 7. The minimum absolute atomic E-state index is 0.215. The van der Waals surface area contributed by atoms with E-state index in [4.69, 9.17) is 0 Å². The molecule has 0 aromatic carbocycles. The van der Waals surface area contributed by atoms with Gasteiger partial charge in [-0.2, -0.15) is 5.10 Å². The van der Waals surface area contributed by atoms with Crippen molar-refractivity contribution in [2.24, 2.45) is 0 Å².